The van der Waals surface area contributed by atoms with Crippen molar-refractivity contribution in [2.24, 2.45) is 0 Å². The van der Waals surface area contributed by atoms with Gasteiger partial charge in [0.2, 0.25) is 5.91 Å². The first-order valence-electron chi connectivity index (χ1n) is 9.25. The predicted molar refractivity (Wildman–Crippen MR) is 112 cm³/mol. The summed E-state index contributed by atoms with van der Waals surface area (Å²) in [5.41, 5.74) is 1.75. The van der Waals surface area contributed by atoms with Gasteiger partial charge in [0.25, 0.3) is 5.19 Å². The molecule has 0 spiro atoms. The summed E-state index contributed by atoms with van der Waals surface area (Å²) in [6.07, 6.45) is 2.01. The van der Waals surface area contributed by atoms with Gasteiger partial charge in [-0.15, -0.1) is 0 Å². The largest absolute Gasteiger partial charge is 0.497 e. The molecule has 1 aromatic heterocycles. The summed E-state index contributed by atoms with van der Waals surface area (Å²) >= 11 is 7.71. The zero-order valence-electron chi connectivity index (χ0n) is 15.6. The number of carbonyl (C=O) groups is 1. The summed E-state index contributed by atoms with van der Waals surface area (Å²) < 4.78 is 12.4. The Balaban J connectivity index is 1.33. The van der Waals surface area contributed by atoms with Crippen molar-refractivity contribution in [2.45, 2.75) is 25.4 Å². The van der Waals surface area contributed by atoms with E-state index in [1.54, 1.807) is 7.11 Å². The van der Waals surface area contributed by atoms with E-state index in [4.69, 9.17) is 21.1 Å². The van der Waals surface area contributed by atoms with Crippen LogP contribution in [0.3, 0.4) is 0 Å². The van der Waals surface area contributed by atoms with Crippen LogP contribution in [-0.4, -0.2) is 42.1 Å². The van der Waals surface area contributed by atoms with E-state index in [0.29, 0.717) is 29.7 Å². The van der Waals surface area contributed by atoms with Crippen molar-refractivity contribution >= 4 is 39.1 Å². The third-order valence-electron chi connectivity index (χ3n) is 4.94. The molecule has 0 atom stereocenters. The number of methoxy groups -OCH3 is 1. The molecule has 1 aliphatic heterocycles. The van der Waals surface area contributed by atoms with Crippen LogP contribution in [0.2, 0.25) is 5.02 Å². The quantitative estimate of drug-likeness (QED) is 0.611. The normalized spacial score (nSPS) is 15.0. The molecule has 7 heteroatoms. The van der Waals surface area contributed by atoms with Crippen molar-refractivity contribution in [3.05, 3.63) is 53.1 Å². The van der Waals surface area contributed by atoms with Crippen molar-refractivity contribution in [3.8, 4) is 10.9 Å². The molecule has 2 aromatic carbocycles. The van der Waals surface area contributed by atoms with E-state index in [0.717, 1.165) is 34.4 Å². The lowest BCUT2D eigenvalue weighted by Crippen LogP contribution is -2.42. The predicted octanol–water partition coefficient (Wildman–Crippen LogP) is 4.57. The summed E-state index contributed by atoms with van der Waals surface area (Å²) in [7, 11) is 1.64. The molecule has 0 bridgehead atoms. The molecule has 1 aliphatic rings. The minimum Gasteiger partial charge on any atom is -0.497 e. The number of hydrogen-bond acceptors (Lipinski definition) is 5. The second kappa shape index (κ2) is 8.37. The molecule has 0 N–H and O–H groups in total. The number of piperidine rings is 1. The summed E-state index contributed by atoms with van der Waals surface area (Å²) in [4.78, 5) is 19.0. The van der Waals surface area contributed by atoms with Gasteiger partial charge < -0.3 is 14.4 Å². The highest BCUT2D eigenvalue weighted by Crippen LogP contribution is 2.32. The van der Waals surface area contributed by atoms with Crippen molar-refractivity contribution in [3.63, 3.8) is 0 Å². The van der Waals surface area contributed by atoms with Gasteiger partial charge in [0, 0.05) is 37.0 Å². The lowest BCUT2D eigenvalue weighted by molar-refractivity contribution is -0.132. The maximum Gasteiger partial charge on any atom is 0.274 e. The standard InChI is InChI=1S/C21H21ClN2O3S/c1-26-16-6-7-19-18(13-16)23-21(28-19)27-15-8-10-24(11-9-15)20(25)12-14-4-2-3-5-17(14)22/h2-7,13,15H,8-12H2,1H3. The highest BCUT2D eigenvalue weighted by molar-refractivity contribution is 7.20. The molecular weight excluding hydrogens is 396 g/mol. The van der Waals surface area contributed by atoms with Gasteiger partial charge in [-0.25, -0.2) is 4.98 Å². The van der Waals surface area contributed by atoms with E-state index >= 15 is 0 Å². The van der Waals surface area contributed by atoms with Crippen molar-refractivity contribution in [1.82, 2.24) is 9.88 Å². The number of rotatable bonds is 5. The molecule has 0 saturated carbocycles. The molecule has 3 aromatic rings. The molecule has 5 nitrogen and oxygen atoms in total. The average Bonchev–Trinajstić information content (AvgIpc) is 3.11. The number of carbonyl (C=O) groups excluding carboxylic acids is 1. The highest BCUT2D eigenvalue weighted by atomic mass is 35.5. The Bertz CT molecular complexity index is 983. The zero-order chi connectivity index (χ0) is 19.5. The SMILES string of the molecule is COc1ccc2sc(OC3CCN(C(=O)Cc4ccccc4Cl)CC3)nc2c1. The van der Waals surface area contributed by atoms with Crippen molar-refractivity contribution in [2.75, 3.05) is 20.2 Å². The second-order valence-corrected chi connectivity index (χ2v) is 8.18. The van der Waals surface area contributed by atoms with Gasteiger partial charge in [-0.3, -0.25) is 4.79 Å². The third kappa shape index (κ3) is 4.23. The Morgan fingerprint density at radius 1 is 1.25 bits per heavy atom. The topological polar surface area (TPSA) is 51.7 Å². The average molecular weight is 417 g/mol. The fraction of sp³-hybridized carbons (Fsp3) is 0.333. The Kier molecular flexibility index (Phi) is 5.69. The van der Waals surface area contributed by atoms with Crippen molar-refractivity contribution in [1.29, 1.82) is 0 Å². The molecule has 0 radical (unpaired) electrons. The van der Waals surface area contributed by atoms with Crippen LogP contribution in [0.4, 0.5) is 0 Å². The number of likely N-dealkylation sites (tertiary alicyclic amines) is 1. The Morgan fingerprint density at radius 2 is 2.04 bits per heavy atom. The first-order valence-corrected chi connectivity index (χ1v) is 10.4. The van der Waals surface area contributed by atoms with Gasteiger partial charge in [-0.05, 0) is 23.8 Å². The highest BCUT2D eigenvalue weighted by Gasteiger charge is 2.25. The molecule has 1 saturated heterocycles. The Hall–Kier alpha value is -2.31. The first-order chi connectivity index (χ1) is 13.6. The van der Waals surface area contributed by atoms with E-state index in [9.17, 15) is 4.79 Å². The van der Waals surface area contributed by atoms with Crippen LogP contribution in [0, 0.1) is 0 Å². The molecular formula is C21H21ClN2O3S. The minimum absolute atomic E-state index is 0.0758. The van der Waals surface area contributed by atoms with E-state index in [2.05, 4.69) is 4.98 Å². The monoisotopic (exact) mass is 416 g/mol. The van der Waals surface area contributed by atoms with Gasteiger partial charge in [0.15, 0.2) is 0 Å². The molecule has 1 fully saturated rings. The van der Waals surface area contributed by atoms with Gasteiger partial charge >= 0.3 is 0 Å². The molecule has 28 heavy (non-hydrogen) atoms. The summed E-state index contributed by atoms with van der Waals surface area (Å²) in [5.74, 6) is 0.897. The molecule has 0 unspecified atom stereocenters. The number of nitrogens with zero attached hydrogens (tertiary/aromatic N) is 2. The summed E-state index contributed by atoms with van der Waals surface area (Å²) in [6, 6.07) is 13.3. The summed E-state index contributed by atoms with van der Waals surface area (Å²) in [6.45, 7) is 1.37. The van der Waals surface area contributed by atoms with Crippen LogP contribution >= 0.6 is 22.9 Å². The van der Waals surface area contributed by atoms with E-state index in [1.807, 2.05) is 47.4 Å². The third-order valence-corrected chi connectivity index (χ3v) is 6.23. The van der Waals surface area contributed by atoms with Crippen LogP contribution in [-0.2, 0) is 11.2 Å². The van der Waals surface area contributed by atoms with Crippen LogP contribution in [0.1, 0.15) is 18.4 Å². The van der Waals surface area contributed by atoms with E-state index in [-0.39, 0.29) is 12.0 Å². The number of halogens is 1. The lowest BCUT2D eigenvalue weighted by Gasteiger charge is -2.31. The molecule has 146 valence electrons. The van der Waals surface area contributed by atoms with Crippen LogP contribution in [0.15, 0.2) is 42.5 Å². The number of hydrogen-bond donors (Lipinski definition) is 0. The number of amides is 1. The maximum absolute atomic E-state index is 12.6. The minimum atomic E-state index is 0.0758. The number of benzene rings is 2. The summed E-state index contributed by atoms with van der Waals surface area (Å²) in [5, 5.41) is 1.31. The number of fused-ring (bicyclic) bond motifs is 1. The van der Waals surface area contributed by atoms with Crippen LogP contribution in [0.25, 0.3) is 10.2 Å². The first kappa shape index (κ1) is 19.0. The van der Waals surface area contributed by atoms with Crippen LogP contribution in [0.5, 0.6) is 10.9 Å². The van der Waals surface area contributed by atoms with Gasteiger partial charge in [-0.2, -0.15) is 0 Å². The number of aromatic nitrogens is 1. The fourth-order valence-corrected chi connectivity index (χ4v) is 4.41. The second-order valence-electron chi connectivity index (χ2n) is 6.78. The van der Waals surface area contributed by atoms with E-state index in [1.165, 1.54) is 11.3 Å². The Labute approximate surface area is 172 Å². The maximum atomic E-state index is 12.6. The fourth-order valence-electron chi connectivity index (χ4n) is 3.35. The molecule has 4 rings (SSSR count). The van der Waals surface area contributed by atoms with E-state index < -0.39 is 0 Å². The lowest BCUT2D eigenvalue weighted by atomic mass is 10.1. The van der Waals surface area contributed by atoms with Gasteiger partial charge in [0.1, 0.15) is 11.9 Å². The van der Waals surface area contributed by atoms with Crippen molar-refractivity contribution < 1.29 is 14.3 Å². The molecule has 0 aliphatic carbocycles. The van der Waals surface area contributed by atoms with Gasteiger partial charge in [-0.1, -0.05) is 41.1 Å². The molecule has 1 amide bonds. The number of thiazole rings is 1. The number of ether oxygens (including phenoxy) is 2. The van der Waals surface area contributed by atoms with Gasteiger partial charge in [0.05, 0.1) is 23.7 Å². The zero-order valence-corrected chi connectivity index (χ0v) is 17.1. The molecule has 2 heterocycles. The van der Waals surface area contributed by atoms with Crippen LogP contribution < -0.4 is 9.47 Å². The smallest absolute Gasteiger partial charge is 0.274 e. The Morgan fingerprint density at radius 3 is 2.79 bits per heavy atom.